The molecule has 1 heterocycles. The van der Waals surface area contributed by atoms with Crippen molar-refractivity contribution in [2.45, 2.75) is 6.92 Å². The molecule has 0 unspecified atom stereocenters. The van der Waals surface area contributed by atoms with E-state index < -0.39 is 24.5 Å². The van der Waals surface area contributed by atoms with Gasteiger partial charge in [0.25, 0.3) is 5.91 Å². The van der Waals surface area contributed by atoms with Crippen LogP contribution in [0.3, 0.4) is 0 Å². The Morgan fingerprint density at radius 1 is 0.893 bits per heavy atom. The Morgan fingerprint density at radius 3 is 2.46 bits per heavy atom. The Balaban J connectivity index is 1.62. The van der Waals surface area contributed by atoms with Crippen molar-refractivity contribution in [3.8, 4) is 0 Å². The first-order valence-corrected chi connectivity index (χ1v) is 8.67. The van der Waals surface area contributed by atoms with Crippen LogP contribution < -0.4 is 5.32 Å². The Labute approximate surface area is 161 Å². The number of carbonyl (C=O) groups excluding carboxylic acids is 3. The first kappa shape index (κ1) is 19.0. The normalized spacial score (nSPS) is 10.3. The molecule has 0 aliphatic rings. The lowest BCUT2D eigenvalue weighted by molar-refractivity contribution is -0.119. The number of aromatic nitrogens is 1. The van der Waals surface area contributed by atoms with E-state index in [0.717, 1.165) is 5.39 Å². The van der Waals surface area contributed by atoms with Crippen LogP contribution in [0.25, 0.3) is 10.9 Å². The maximum absolute atomic E-state index is 12.2. The maximum atomic E-state index is 12.2. The average molecular weight is 378 g/mol. The average Bonchev–Trinajstić information content (AvgIpc) is 2.72. The second kappa shape index (κ2) is 8.77. The van der Waals surface area contributed by atoms with Crippen molar-refractivity contribution in [2.24, 2.45) is 0 Å². The van der Waals surface area contributed by atoms with Crippen molar-refractivity contribution in [3.05, 3.63) is 71.9 Å². The zero-order chi connectivity index (χ0) is 19.9. The van der Waals surface area contributed by atoms with Crippen LogP contribution in [0, 0.1) is 0 Å². The van der Waals surface area contributed by atoms with Crippen molar-refractivity contribution in [2.75, 3.05) is 18.5 Å². The Bertz CT molecular complexity index is 1030. The van der Waals surface area contributed by atoms with Gasteiger partial charge in [-0.2, -0.15) is 0 Å². The highest BCUT2D eigenvalue weighted by Gasteiger charge is 2.16. The number of pyridine rings is 1. The zero-order valence-electron chi connectivity index (χ0n) is 15.2. The summed E-state index contributed by atoms with van der Waals surface area (Å²) < 4.78 is 9.99. The van der Waals surface area contributed by atoms with E-state index in [9.17, 15) is 14.4 Å². The van der Waals surface area contributed by atoms with E-state index >= 15 is 0 Å². The Kier molecular flexibility index (Phi) is 5.96. The second-order valence-electron chi connectivity index (χ2n) is 5.78. The largest absolute Gasteiger partial charge is 0.462 e. The van der Waals surface area contributed by atoms with Gasteiger partial charge in [0.15, 0.2) is 6.61 Å². The zero-order valence-corrected chi connectivity index (χ0v) is 15.2. The van der Waals surface area contributed by atoms with Gasteiger partial charge in [-0.05, 0) is 31.2 Å². The number of amides is 1. The molecular weight excluding hydrogens is 360 g/mol. The summed E-state index contributed by atoms with van der Waals surface area (Å²) in [6, 6.07) is 17.1. The van der Waals surface area contributed by atoms with Crippen molar-refractivity contribution in [1.82, 2.24) is 4.98 Å². The summed E-state index contributed by atoms with van der Waals surface area (Å²) in [5.41, 5.74) is 1.27. The molecule has 1 N–H and O–H groups in total. The number of benzene rings is 2. The number of hydrogen-bond acceptors (Lipinski definition) is 6. The van der Waals surface area contributed by atoms with E-state index in [1.54, 1.807) is 49.4 Å². The maximum Gasteiger partial charge on any atom is 0.357 e. The van der Waals surface area contributed by atoms with Crippen LogP contribution in [-0.2, 0) is 14.3 Å². The van der Waals surface area contributed by atoms with Crippen molar-refractivity contribution in [3.63, 3.8) is 0 Å². The number of esters is 2. The number of anilines is 1. The minimum absolute atomic E-state index is 0.110. The van der Waals surface area contributed by atoms with Gasteiger partial charge in [-0.15, -0.1) is 0 Å². The second-order valence-corrected chi connectivity index (χ2v) is 5.78. The molecule has 3 aromatic rings. The molecule has 0 fully saturated rings. The van der Waals surface area contributed by atoms with Crippen molar-refractivity contribution < 1.29 is 23.9 Å². The fourth-order valence-electron chi connectivity index (χ4n) is 2.55. The summed E-state index contributed by atoms with van der Waals surface area (Å²) >= 11 is 0. The van der Waals surface area contributed by atoms with E-state index in [4.69, 9.17) is 9.47 Å². The number of carbonyl (C=O) groups is 3. The van der Waals surface area contributed by atoms with E-state index in [0.29, 0.717) is 5.52 Å². The molecule has 0 bridgehead atoms. The number of para-hydroxylation sites is 2. The molecule has 3 rings (SSSR count). The van der Waals surface area contributed by atoms with E-state index in [2.05, 4.69) is 10.3 Å². The highest BCUT2D eigenvalue weighted by Crippen LogP contribution is 2.16. The smallest absolute Gasteiger partial charge is 0.357 e. The minimum Gasteiger partial charge on any atom is -0.462 e. The number of rotatable bonds is 6. The van der Waals surface area contributed by atoms with E-state index in [1.807, 2.05) is 18.2 Å². The van der Waals surface area contributed by atoms with Gasteiger partial charge in [0.2, 0.25) is 0 Å². The monoisotopic (exact) mass is 378 g/mol. The fourth-order valence-corrected chi connectivity index (χ4v) is 2.55. The summed E-state index contributed by atoms with van der Waals surface area (Å²) in [6.07, 6.45) is 0. The third-order valence-corrected chi connectivity index (χ3v) is 3.84. The van der Waals surface area contributed by atoms with Crippen LogP contribution in [-0.4, -0.2) is 36.0 Å². The minimum atomic E-state index is -0.709. The highest BCUT2D eigenvalue weighted by molar-refractivity contribution is 6.02. The quantitative estimate of drug-likeness (QED) is 0.662. The fraction of sp³-hybridized carbons (Fsp3) is 0.143. The summed E-state index contributed by atoms with van der Waals surface area (Å²) in [6.45, 7) is 1.40. The molecule has 0 spiro atoms. The van der Waals surface area contributed by atoms with Crippen molar-refractivity contribution >= 4 is 34.4 Å². The summed E-state index contributed by atoms with van der Waals surface area (Å²) in [5.74, 6) is -1.83. The summed E-state index contributed by atoms with van der Waals surface area (Å²) in [4.78, 5) is 40.5. The molecule has 7 nitrogen and oxygen atoms in total. The lowest BCUT2D eigenvalue weighted by Gasteiger charge is -2.10. The van der Waals surface area contributed by atoms with Crippen LogP contribution in [0.5, 0.6) is 0 Å². The topological polar surface area (TPSA) is 94.6 Å². The predicted molar refractivity (Wildman–Crippen MR) is 103 cm³/mol. The molecule has 1 amide bonds. The van der Waals surface area contributed by atoms with Gasteiger partial charge in [-0.25, -0.2) is 14.6 Å². The molecule has 0 saturated heterocycles. The van der Waals surface area contributed by atoms with Gasteiger partial charge in [0, 0.05) is 5.39 Å². The molecule has 0 aliphatic carbocycles. The molecule has 2 aromatic carbocycles. The third kappa shape index (κ3) is 4.50. The molecule has 28 heavy (non-hydrogen) atoms. The SMILES string of the molecule is CCOC(=O)c1ccccc1NC(=O)COC(=O)c1ccc2ccccc2n1. The number of ether oxygens (including phenoxy) is 2. The molecular formula is C21H18N2O5. The Morgan fingerprint density at radius 2 is 1.64 bits per heavy atom. The van der Waals surface area contributed by atoms with Crippen molar-refractivity contribution in [1.29, 1.82) is 0 Å². The van der Waals surface area contributed by atoms with Gasteiger partial charge in [-0.1, -0.05) is 36.4 Å². The van der Waals surface area contributed by atoms with Gasteiger partial charge in [0.05, 0.1) is 23.4 Å². The summed E-state index contributed by atoms with van der Waals surface area (Å²) in [7, 11) is 0. The molecule has 142 valence electrons. The molecule has 0 saturated carbocycles. The van der Waals surface area contributed by atoms with Gasteiger partial charge in [0.1, 0.15) is 5.69 Å². The van der Waals surface area contributed by atoms with Crippen LogP contribution in [0.15, 0.2) is 60.7 Å². The molecule has 0 atom stereocenters. The lowest BCUT2D eigenvalue weighted by atomic mass is 10.2. The highest BCUT2D eigenvalue weighted by atomic mass is 16.5. The molecule has 7 heteroatoms. The molecule has 1 aromatic heterocycles. The van der Waals surface area contributed by atoms with Crippen LogP contribution >= 0.6 is 0 Å². The van der Waals surface area contributed by atoms with E-state index in [-0.39, 0.29) is 23.6 Å². The Hall–Kier alpha value is -3.74. The molecule has 0 radical (unpaired) electrons. The van der Waals surface area contributed by atoms with Gasteiger partial charge in [-0.3, -0.25) is 4.79 Å². The number of fused-ring (bicyclic) bond motifs is 1. The molecule has 0 aliphatic heterocycles. The number of nitrogens with zero attached hydrogens (tertiary/aromatic N) is 1. The van der Waals surface area contributed by atoms with E-state index in [1.165, 1.54) is 0 Å². The third-order valence-electron chi connectivity index (χ3n) is 3.84. The number of nitrogens with one attached hydrogen (secondary N) is 1. The lowest BCUT2D eigenvalue weighted by Crippen LogP contribution is -2.22. The first-order chi connectivity index (χ1) is 13.6. The summed E-state index contributed by atoms with van der Waals surface area (Å²) in [5, 5.41) is 3.44. The predicted octanol–water partition coefficient (Wildman–Crippen LogP) is 3.21. The van der Waals surface area contributed by atoms with Crippen LogP contribution in [0.1, 0.15) is 27.8 Å². The standard InChI is InChI=1S/C21H18N2O5/c1-2-27-20(25)15-8-4-6-10-17(15)23-19(24)13-28-21(26)18-12-11-14-7-3-5-9-16(14)22-18/h3-12H,2,13H2,1H3,(H,23,24). The first-order valence-electron chi connectivity index (χ1n) is 8.67. The van der Waals surface area contributed by atoms with Gasteiger partial charge < -0.3 is 14.8 Å². The number of hydrogen-bond donors (Lipinski definition) is 1. The van der Waals surface area contributed by atoms with Crippen LogP contribution in [0.4, 0.5) is 5.69 Å². The van der Waals surface area contributed by atoms with Crippen LogP contribution in [0.2, 0.25) is 0 Å². The van der Waals surface area contributed by atoms with Gasteiger partial charge >= 0.3 is 11.9 Å².